The maximum Gasteiger partial charge on any atom is 0.277 e. The van der Waals surface area contributed by atoms with E-state index < -0.39 is 10.2 Å². The van der Waals surface area contributed by atoms with Gasteiger partial charge in [-0.25, -0.2) is 0 Å². The minimum Gasteiger partial charge on any atom is -0.383 e. The summed E-state index contributed by atoms with van der Waals surface area (Å²) in [6.07, 6.45) is 0. The second-order valence-electron chi connectivity index (χ2n) is 3.78. The first-order valence-electron chi connectivity index (χ1n) is 5.46. The zero-order chi connectivity index (χ0) is 13.6. The van der Waals surface area contributed by atoms with Gasteiger partial charge in [0.2, 0.25) is 0 Å². The Morgan fingerprint density at radius 1 is 1.33 bits per heavy atom. The van der Waals surface area contributed by atoms with Gasteiger partial charge in [-0.3, -0.25) is 0 Å². The van der Waals surface area contributed by atoms with Gasteiger partial charge in [0, 0.05) is 24.2 Å². The lowest BCUT2D eigenvalue weighted by atomic mass is 10.1. The quantitative estimate of drug-likeness (QED) is 0.743. The molecule has 0 bridgehead atoms. The first-order chi connectivity index (χ1) is 8.44. The fraction of sp³-hybridized carbons (Fsp3) is 0.455. The van der Waals surface area contributed by atoms with Crippen molar-refractivity contribution < 1.29 is 13.2 Å². The third-order valence-corrected chi connectivity index (χ3v) is 4.08. The molecule has 0 saturated heterocycles. The number of hydrogen-bond donors (Lipinski definition) is 2. The summed E-state index contributed by atoms with van der Waals surface area (Å²) in [5.41, 5.74) is 0.898. The van der Waals surface area contributed by atoms with E-state index in [0.29, 0.717) is 6.61 Å². The van der Waals surface area contributed by atoms with Crippen LogP contribution in [-0.2, 0) is 14.9 Å². The van der Waals surface area contributed by atoms with Gasteiger partial charge in [-0.1, -0.05) is 28.1 Å². The predicted molar refractivity (Wildman–Crippen MR) is 74.5 cm³/mol. The van der Waals surface area contributed by atoms with Gasteiger partial charge in [-0.05, 0) is 24.6 Å². The molecule has 0 aliphatic carbocycles. The summed E-state index contributed by atoms with van der Waals surface area (Å²) in [6.45, 7) is 2.38. The van der Waals surface area contributed by atoms with Crippen molar-refractivity contribution in [3.8, 4) is 0 Å². The molecule has 7 heteroatoms. The maximum atomic E-state index is 11.7. The second kappa shape index (κ2) is 7.20. The average molecular weight is 337 g/mol. The molecule has 0 heterocycles. The van der Waals surface area contributed by atoms with Crippen molar-refractivity contribution in [3.63, 3.8) is 0 Å². The van der Waals surface area contributed by atoms with Crippen LogP contribution in [0.25, 0.3) is 0 Å². The lowest BCUT2D eigenvalue weighted by Gasteiger charge is -2.15. The molecule has 0 saturated carbocycles. The fourth-order valence-corrected chi connectivity index (χ4v) is 2.67. The van der Waals surface area contributed by atoms with E-state index >= 15 is 0 Å². The zero-order valence-electron chi connectivity index (χ0n) is 10.3. The summed E-state index contributed by atoms with van der Waals surface area (Å²) in [4.78, 5) is 0. The van der Waals surface area contributed by atoms with E-state index in [1.54, 1.807) is 6.92 Å². The highest BCUT2D eigenvalue weighted by Crippen LogP contribution is 2.16. The monoisotopic (exact) mass is 336 g/mol. The highest BCUT2D eigenvalue weighted by atomic mass is 79.9. The van der Waals surface area contributed by atoms with Crippen LogP contribution in [0.4, 0.5) is 0 Å². The van der Waals surface area contributed by atoms with Gasteiger partial charge < -0.3 is 4.74 Å². The Labute approximate surface area is 116 Å². The summed E-state index contributed by atoms with van der Waals surface area (Å²) < 4.78 is 34.0. The van der Waals surface area contributed by atoms with Crippen molar-refractivity contribution in [1.29, 1.82) is 0 Å². The number of rotatable bonds is 7. The second-order valence-corrected chi connectivity index (χ2v) is 6.23. The first-order valence-corrected chi connectivity index (χ1v) is 7.73. The maximum absolute atomic E-state index is 11.7. The Kier molecular flexibility index (Phi) is 6.24. The molecular formula is C11H17BrN2O3S. The first kappa shape index (κ1) is 15.6. The Bertz CT molecular complexity index is 462. The topological polar surface area (TPSA) is 67.4 Å². The van der Waals surface area contributed by atoms with Crippen LogP contribution in [-0.4, -0.2) is 28.7 Å². The minimum absolute atomic E-state index is 0.249. The number of hydrogen-bond acceptors (Lipinski definition) is 3. The highest BCUT2D eigenvalue weighted by molar-refractivity contribution is 9.10. The van der Waals surface area contributed by atoms with Gasteiger partial charge in [0.1, 0.15) is 0 Å². The molecule has 0 amide bonds. The van der Waals surface area contributed by atoms with Crippen molar-refractivity contribution in [2.45, 2.75) is 13.0 Å². The molecule has 1 rings (SSSR count). The SMILES string of the molecule is COCCNS(=O)(=O)NC(C)c1ccc(Br)cc1. The number of ether oxygens (including phenoxy) is 1. The molecule has 0 aliphatic rings. The van der Waals surface area contributed by atoms with Crippen LogP contribution >= 0.6 is 15.9 Å². The highest BCUT2D eigenvalue weighted by Gasteiger charge is 2.14. The van der Waals surface area contributed by atoms with Crippen LogP contribution in [0.5, 0.6) is 0 Å². The summed E-state index contributed by atoms with van der Waals surface area (Å²) >= 11 is 3.33. The Balaban J connectivity index is 2.58. The number of halogens is 1. The molecule has 0 fully saturated rings. The van der Waals surface area contributed by atoms with Crippen molar-refractivity contribution in [1.82, 2.24) is 9.44 Å². The smallest absolute Gasteiger partial charge is 0.277 e. The molecule has 1 aromatic carbocycles. The standard InChI is InChI=1S/C11H17BrN2O3S/c1-9(10-3-5-11(12)6-4-10)14-18(15,16)13-7-8-17-2/h3-6,9,13-14H,7-8H2,1-2H3. The van der Waals surface area contributed by atoms with Crippen molar-refractivity contribution in [3.05, 3.63) is 34.3 Å². The van der Waals surface area contributed by atoms with Crippen molar-refractivity contribution >= 4 is 26.1 Å². The molecular weight excluding hydrogens is 320 g/mol. The Morgan fingerprint density at radius 3 is 2.50 bits per heavy atom. The molecule has 102 valence electrons. The molecule has 0 radical (unpaired) electrons. The Hall–Kier alpha value is -0.470. The van der Waals surface area contributed by atoms with E-state index in [-0.39, 0.29) is 12.6 Å². The molecule has 1 aromatic rings. The molecule has 1 unspecified atom stereocenters. The van der Waals surface area contributed by atoms with Crippen molar-refractivity contribution in [2.75, 3.05) is 20.3 Å². The van der Waals surface area contributed by atoms with Gasteiger partial charge in [0.05, 0.1) is 6.61 Å². The van der Waals surface area contributed by atoms with Crippen LogP contribution in [0.1, 0.15) is 18.5 Å². The molecule has 2 N–H and O–H groups in total. The predicted octanol–water partition coefficient (Wildman–Crippen LogP) is 1.58. The summed E-state index contributed by atoms with van der Waals surface area (Å²) in [5, 5.41) is 0. The molecule has 18 heavy (non-hydrogen) atoms. The van der Waals surface area contributed by atoms with E-state index in [1.165, 1.54) is 7.11 Å². The zero-order valence-corrected chi connectivity index (χ0v) is 12.7. The van der Waals surface area contributed by atoms with Gasteiger partial charge >= 0.3 is 0 Å². The van der Waals surface area contributed by atoms with Gasteiger partial charge in [0.15, 0.2) is 0 Å². The molecule has 1 atom stereocenters. The molecule has 5 nitrogen and oxygen atoms in total. The summed E-state index contributed by atoms with van der Waals surface area (Å²) in [5.74, 6) is 0. The van der Waals surface area contributed by atoms with Crippen LogP contribution in [0.2, 0.25) is 0 Å². The van der Waals surface area contributed by atoms with Crippen LogP contribution in [0.3, 0.4) is 0 Å². The van der Waals surface area contributed by atoms with E-state index in [4.69, 9.17) is 4.74 Å². The van der Waals surface area contributed by atoms with Gasteiger partial charge in [0.25, 0.3) is 10.2 Å². The van der Waals surface area contributed by atoms with E-state index in [9.17, 15) is 8.42 Å². The summed E-state index contributed by atoms with van der Waals surface area (Å²) in [6, 6.07) is 7.19. The number of nitrogens with one attached hydrogen (secondary N) is 2. The van der Waals surface area contributed by atoms with E-state index in [0.717, 1.165) is 10.0 Å². The lowest BCUT2D eigenvalue weighted by Crippen LogP contribution is -2.39. The van der Waals surface area contributed by atoms with Crippen LogP contribution in [0.15, 0.2) is 28.7 Å². The number of benzene rings is 1. The van der Waals surface area contributed by atoms with Gasteiger partial charge in [-0.15, -0.1) is 0 Å². The van der Waals surface area contributed by atoms with Crippen molar-refractivity contribution in [2.24, 2.45) is 0 Å². The van der Waals surface area contributed by atoms with Crippen LogP contribution < -0.4 is 9.44 Å². The average Bonchev–Trinajstić information content (AvgIpc) is 2.29. The van der Waals surface area contributed by atoms with Crippen LogP contribution in [0, 0.1) is 0 Å². The number of methoxy groups -OCH3 is 1. The summed E-state index contributed by atoms with van der Waals surface area (Å²) in [7, 11) is -1.98. The largest absolute Gasteiger partial charge is 0.383 e. The normalized spacial score (nSPS) is 13.5. The molecule has 0 spiro atoms. The van der Waals surface area contributed by atoms with E-state index in [2.05, 4.69) is 25.4 Å². The third-order valence-electron chi connectivity index (χ3n) is 2.30. The van der Waals surface area contributed by atoms with Gasteiger partial charge in [-0.2, -0.15) is 17.9 Å². The lowest BCUT2D eigenvalue weighted by molar-refractivity contribution is 0.204. The Morgan fingerprint density at radius 2 is 1.94 bits per heavy atom. The van der Waals surface area contributed by atoms with E-state index in [1.807, 2.05) is 24.3 Å². The molecule has 0 aliphatic heterocycles. The fourth-order valence-electron chi connectivity index (χ4n) is 1.37. The minimum atomic E-state index is -3.50. The molecule has 0 aromatic heterocycles. The third kappa shape index (κ3) is 5.45.